The van der Waals surface area contributed by atoms with Gasteiger partial charge < -0.3 is 10.6 Å². The summed E-state index contributed by atoms with van der Waals surface area (Å²) in [5.74, 6) is -0.0117. The Morgan fingerprint density at radius 2 is 1.57 bits per heavy atom. The van der Waals surface area contributed by atoms with E-state index < -0.39 is 6.04 Å². The number of likely N-dealkylation sites (N-methyl/N-ethyl adjacent to an activating group) is 1. The number of hydrogen-bond donors (Lipinski definition) is 1. The summed E-state index contributed by atoms with van der Waals surface area (Å²) in [5, 5.41) is 0. The predicted octanol–water partition coefficient (Wildman–Crippen LogP) is 3.32. The molecule has 1 amide bonds. The Balaban J connectivity index is 2.75. The van der Waals surface area contributed by atoms with Crippen molar-refractivity contribution in [3.8, 4) is 0 Å². The summed E-state index contributed by atoms with van der Waals surface area (Å²) in [7, 11) is 1.81. The zero-order valence-electron chi connectivity index (χ0n) is 14.5. The molecule has 0 aliphatic heterocycles. The monoisotopic (exact) mass is 290 g/mol. The highest BCUT2D eigenvalue weighted by atomic mass is 16.2. The summed E-state index contributed by atoms with van der Waals surface area (Å²) in [6, 6.07) is 7.98. The van der Waals surface area contributed by atoms with Gasteiger partial charge in [0.1, 0.15) is 0 Å². The third-order valence-corrected chi connectivity index (χ3v) is 3.81. The van der Waals surface area contributed by atoms with Gasteiger partial charge in [-0.25, -0.2) is 0 Å². The van der Waals surface area contributed by atoms with Crippen LogP contribution in [0.1, 0.15) is 52.7 Å². The Labute approximate surface area is 129 Å². The molecular weight excluding hydrogens is 260 g/mol. The molecule has 3 heteroatoms. The van der Waals surface area contributed by atoms with Gasteiger partial charge in [-0.2, -0.15) is 0 Å². The lowest BCUT2D eigenvalue weighted by Crippen LogP contribution is -2.48. The summed E-state index contributed by atoms with van der Waals surface area (Å²) in [6.45, 7) is 13.1. The summed E-state index contributed by atoms with van der Waals surface area (Å²) < 4.78 is 0. The quantitative estimate of drug-likeness (QED) is 0.928. The molecule has 21 heavy (non-hydrogen) atoms. The Bertz CT molecular complexity index is 477. The average Bonchev–Trinajstić information content (AvgIpc) is 2.35. The van der Waals surface area contributed by atoms with Gasteiger partial charge in [-0.3, -0.25) is 4.79 Å². The standard InChI is InChI=1S/C18H30N2O/c1-17(2,3)14-10-8-13(9-11-14)12-20(7)16(21)15(19)18(4,5)6/h8-11,15H,12,19H2,1-7H3. The zero-order valence-corrected chi connectivity index (χ0v) is 14.5. The fourth-order valence-electron chi connectivity index (χ4n) is 2.07. The molecule has 0 spiro atoms. The lowest BCUT2D eigenvalue weighted by Gasteiger charge is -2.30. The van der Waals surface area contributed by atoms with Crippen LogP contribution in [-0.4, -0.2) is 23.9 Å². The maximum atomic E-state index is 12.3. The highest BCUT2D eigenvalue weighted by Gasteiger charge is 2.29. The fraction of sp³-hybridized carbons (Fsp3) is 0.611. The molecule has 2 N–H and O–H groups in total. The second kappa shape index (κ2) is 6.18. The van der Waals surface area contributed by atoms with E-state index in [-0.39, 0.29) is 16.7 Å². The number of carbonyl (C=O) groups is 1. The fourth-order valence-corrected chi connectivity index (χ4v) is 2.07. The van der Waals surface area contributed by atoms with E-state index in [0.717, 1.165) is 5.56 Å². The number of nitrogens with two attached hydrogens (primary N) is 1. The number of hydrogen-bond acceptors (Lipinski definition) is 2. The van der Waals surface area contributed by atoms with Crippen LogP contribution in [0.5, 0.6) is 0 Å². The van der Waals surface area contributed by atoms with Crippen LogP contribution in [0.15, 0.2) is 24.3 Å². The van der Waals surface area contributed by atoms with Gasteiger partial charge in [0.15, 0.2) is 0 Å². The SMILES string of the molecule is CN(Cc1ccc(C(C)(C)C)cc1)C(=O)C(N)C(C)(C)C. The van der Waals surface area contributed by atoms with Gasteiger partial charge in [0, 0.05) is 13.6 Å². The summed E-state index contributed by atoms with van der Waals surface area (Å²) in [6.07, 6.45) is 0. The Morgan fingerprint density at radius 3 is 1.95 bits per heavy atom. The van der Waals surface area contributed by atoms with Crippen molar-refractivity contribution in [2.45, 2.75) is 59.5 Å². The van der Waals surface area contributed by atoms with Crippen molar-refractivity contribution in [1.82, 2.24) is 4.90 Å². The molecule has 1 aromatic rings. The van der Waals surface area contributed by atoms with E-state index in [1.807, 2.05) is 27.8 Å². The molecule has 118 valence electrons. The van der Waals surface area contributed by atoms with Crippen molar-refractivity contribution in [3.63, 3.8) is 0 Å². The van der Waals surface area contributed by atoms with Crippen LogP contribution in [0.2, 0.25) is 0 Å². The van der Waals surface area contributed by atoms with Crippen LogP contribution < -0.4 is 5.73 Å². The topological polar surface area (TPSA) is 46.3 Å². The first-order valence-corrected chi connectivity index (χ1v) is 7.53. The lowest BCUT2D eigenvalue weighted by molar-refractivity contribution is -0.134. The van der Waals surface area contributed by atoms with E-state index in [0.29, 0.717) is 6.54 Å². The molecule has 0 radical (unpaired) electrons. The van der Waals surface area contributed by atoms with E-state index in [2.05, 4.69) is 45.0 Å². The van der Waals surface area contributed by atoms with E-state index >= 15 is 0 Å². The number of carbonyl (C=O) groups excluding carboxylic acids is 1. The molecule has 1 atom stereocenters. The minimum absolute atomic E-state index is 0.0117. The van der Waals surface area contributed by atoms with E-state index in [4.69, 9.17) is 5.73 Å². The molecule has 0 heterocycles. The normalized spacial score (nSPS) is 13.9. The van der Waals surface area contributed by atoms with Crippen molar-refractivity contribution in [3.05, 3.63) is 35.4 Å². The minimum atomic E-state index is -0.476. The molecule has 0 aliphatic carbocycles. The van der Waals surface area contributed by atoms with E-state index in [9.17, 15) is 4.79 Å². The van der Waals surface area contributed by atoms with Crippen molar-refractivity contribution in [2.75, 3.05) is 7.05 Å². The van der Waals surface area contributed by atoms with Crippen molar-refractivity contribution in [2.24, 2.45) is 11.1 Å². The first kappa shape index (κ1) is 17.7. The molecule has 0 fully saturated rings. The molecule has 0 aromatic heterocycles. The Hall–Kier alpha value is -1.35. The van der Waals surface area contributed by atoms with Crippen LogP contribution in [0.3, 0.4) is 0 Å². The van der Waals surface area contributed by atoms with Crippen molar-refractivity contribution in [1.29, 1.82) is 0 Å². The van der Waals surface area contributed by atoms with Gasteiger partial charge in [-0.15, -0.1) is 0 Å². The maximum Gasteiger partial charge on any atom is 0.240 e. The van der Waals surface area contributed by atoms with Crippen LogP contribution in [0.25, 0.3) is 0 Å². The largest absolute Gasteiger partial charge is 0.340 e. The van der Waals surface area contributed by atoms with Gasteiger partial charge in [0.05, 0.1) is 6.04 Å². The van der Waals surface area contributed by atoms with Gasteiger partial charge in [0.2, 0.25) is 5.91 Å². The molecule has 1 unspecified atom stereocenters. The molecule has 3 nitrogen and oxygen atoms in total. The summed E-state index contributed by atoms with van der Waals surface area (Å²) in [4.78, 5) is 14.0. The number of rotatable bonds is 3. The van der Waals surface area contributed by atoms with Gasteiger partial charge >= 0.3 is 0 Å². The molecule has 1 aromatic carbocycles. The minimum Gasteiger partial charge on any atom is -0.340 e. The van der Waals surface area contributed by atoms with Crippen LogP contribution in [0, 0.1) is 5.41 Å². The number of amides is 1. The smallest absolute Gasteiger partial charge is 0.240 e. The van der Waals surface area contributed by atoms with E-state index in [1.54, 1.807) is 4.90 Å². The third kappa shape index (κ3) is 4.85. The number of nitrogens with zero attached hydrogens (tertiary/aromatic N) is 1. The van der Waals surface area contributed by atoms with Crippen LogP contribution >= 0.6 is 0 Å². The Morgan fingerprint density at radius 1 is 1.10 bits per heavy atom. The summed E-state index contributed by atoms with van der Waals surface area (Å²) >= 11 is 0. The molecular formula is C18H30N2O. The molecule has 0 saturated heterocycles. The van der Waals surface area contributed by atoms with E-state index in [1.165, 1.54) is 5.56 Å². The highest BCUT2D eigenvalue weighted by molar-refractivity contribution is 5.82. The second-order valence-corrected chi connectivity index (χ2v) is 7.98. The predicted molar refractivity (Wildman–Crippen MR) is 89.0 cm³/mol. The molecule has 1 rings (SSSR count). The third-order valence-electron chi connectivity index (χ3n) is 3.81. The lowest BCUT2D eigenvalue weighted by atomic mass is 9.86. The molecule has 0 aliphatic rings. The molecule has 0 bridgehead atoms. The highest BCUT2D eigenvalue weighted by Crippen LogP contribution is 2.23. The van der Waals surface area contributed by atoms with Gasteiger partial charge in [-0.05, 0) is 22.0 Å². The average molecular weight is 290 g/mol. The molecule has 0 saturated carbocycles. The number of benzene rings is 1. The maximum absolute atomic E-state index is 12.3. The summed E-state index contributed by atoms with van der Waals surface area (Å²) in [5.41, 5.74) is 8.39. The van der Waals surface area contributed by atoms with Gasteiger partial charge in [0.25, 0.3) is 0 Å². The van der Waals surface area contributed by atoms with Gasteiger partial charge in [-0.1, -0.05) is 65.8 Å². The van der Waals surface area contributed by atoms with Crippen molar-refractivity contribution < 1.29 is 4.79 Å². The Kier molecular flexibility index (Phi) is 5.21. The second-order valence-electron chi connectivity index (χ2n) is 7.98. The van der Waals surface area contributed by atoms with Crippen LogP contribution in [0.4, 0.5) is 0 Å². The first-order valence-electron chi connectivity index (χ1n) is 7.53. The van der Waals surface area contributed by atoms with Crippen LogP contribution in [-0.2, 0) is 16.8 Å². The van der Waals surface area contributed by atoms with Crippen molar-refractivity contribution >= 4 is 5.91 Å². The first-order chi connectivity index (χ1) is 9.43. The zero-order chi connectivity index (χ0) is 16.4.